The number of rotatable bonds is 7. The quantitative estimate of drug-likeness (QED) is 0.838. The smallest absolute Gasteiger partial charge is 0.243 e. The topological polar surface area (TPSA) is 82.9 Å². The zero-order valence-electron chi connectivity index (χ0n) is 11.8. The van der Waals surface area contributed by atoms with Gasteiger partial charge in [-0.15, -0.1) is 0 Å². The molecule has 1 N–H and O–H groups in total. The Balaban J connectivity index is 2.91. The molecule has 8 heteroatoms. The molecule has 0 aliphatic rings. The lowest BCUT2D eigenvalue weighted by Gasteiger charge is -2.23. The summed E-state index contributed by atoms with van der Waals surface area (Å²) in [5.41, 5.74) is -1.08. The fourth-order valence-electron chi connectivity index (χ4n) is 1.64. The van der Waals surface area contributed by atoms with Crippen molar-refractivity contribution < 1.29 is 17.2 Å². The Labute approximate surface area is 123 Å². The highest BCUT2D eigenvalue weighted by atomic mass is 32.2. The molecule has 0 bridgehead atoms. The average molecular weight is 317 g/mol. The van der Waals surface area contributed by atoms with Gasteiger partial charge in [0, 0.05) is 19.2 Å². The molecule has 0 spiro atoms. The predicted octanol–water partition coefficient (Wildman–Crippen LogP) is 2.63. The van der Waals surface area contributed by atoms with Gasteiger partial charge in [-0.1, -0.05) is 13.8 Å². The number of nitrogens with zero attached hydrogens (tertiary/aromatic N) is 2. The number of sulfonamides is 1. The molecule has 0 aromatic carbocycles. The molecule has 0 amide bonds. The Bertz CT molecular complexity index is 625. The van der Waals surface area contributed by atoms with Gasteiger partial charge >= 0.3 is 0 Å². The fourth-order valence-corrected chi connectivity index (χ4v) is 3.02. The van der Waals surface area contributed by atoms with Crippen LogP contribution in [0.4, 0.5) is 8.78 Å². The molecule has 0 atom stereocenters. The second-order valence-corrected chi connectivity index (χ2v) is 7.03. The Morgan fingerprint density at radius 1 is 1.48 bits per heavy atom. The summed E-state index contributed by atoms with van der Waals surface area (Å²) in [6, 6.07) is 4.28. The minimum Gasteiger partial charge on any atom is -0.243 e. The van der Waals surface area contributed by atoms with Gasteiger partial charge in [0.25, 0.3) is 16.4 Å². The van der Waals surface area contributed by atoms with Gasteiger partial charge in [0.2, 0.25) is 0 Å². The molecule has 0 aliphatic heterocycles. The van der Waals surface area contributed by atoms with Crippen molar-refractivity contribution in [2.75, 3.05) is 6.54 Å². The van der Waals surface area contributed by atoms with Crippen LogP contribution in [0, 0.1) is 16.7 Å². The molecule has 0 saturated carbocycles. The van der Waals surface area contributed by atoms with Gasteiger partial charge in [0.15, 0.2) is 5.03 Å². The van der Waals surface area contributed by atoms with Crippen LogP contribution in [0.3, 0.4) is 0 Å². The summed E-state index contributed by atoms with van der Waals surface area (Å²) in [4.78, 5) is 3.55. The first-order valence-corrected chi connectivity index (χ1v) is 7.77. The van der Waals surface area contributed by atoms with E-state index in [0.29, 0.717) is 12.8 Å². The fraction of sp³-hybridized carbons (Fsp3) is 0.538. The van der Waals surface area contributed by atoms with Crippen molar-refractivity contribution in [3.63, 3.8) is 0 Å². The van der Waals surface area contributed by atoms with Crippen LogP contribution in [0.1, 0.15) is 38.7 Å². The number of alkyl halides is 2. The number of nitrogens with one attached hydrogen (secondary N) is 1. The Morgan fingerprint density at radius 3 is 2.71 bits per heavy atom. The zero-order chi connectivity index (χ0) is 16.1. The molecule has 0 aliphatic carbocycles. The summed E-state index contributed by atoms with van der Waals surface area (Å²) in [5, 5.41) is 7.89. The lowest BCUT2D eigenvalue weighted by Crippen LogP contribution is -2.34. The van der Waals surface area contributed by atoms with Crippen molar-refractivity contribution in [1.82, 2.24) is 9.71 Å². The van der Waals surface area contributed by atoms with Crippen molar-refractivity contribution in [3.05, 3.63) is 23.9 Å². The van der Waals surface area contributed by atoms with E-state index in [1.165, 1.54) is 6.07 Å². The monoisotopic (exact) mass is 317 g/mol. The van der Waals surface area contributed by atoms with Crippen LogP contribution in [-0.4, -0.2) is 19.9 Å². The van der Waals surface area contributed by atoms with Gasteiger partial charge in [0.1, 0.15) is 0 Å². The number of nitriles is 1. The standard InChI is InChI=1S/C13H17F2N3O2S/c1-13(2,6-4-7-16)9-18-21(19,20)12-10(11(14)15)5-3-8-17-12/h3,5,8,11,18H,4,6,9H2,1-2H3. The second-order valence-electron chi connectivity index (χ2n) is 5.35. The van der Waals surface area contributed by atoms with E-state index in [4.69, 9.17) is 5.26 Å². The van der Waals surface area contributed by atoms with Gasteiger partial charge in [-0.25, -0.2) is 26.9 Å². The second kappa shape index (κ2) is 6.91. The lowest BCUT2D eigenvalue weighted by molar-refractivity contribution is 0.147. The van der Waals surface area contributed by atoms with Crippen molar-refractivity contribution >= 4 is 10.0 Å². The van der Waals surface area contributed by atoms with E-state index in [2.05, 4.69) is 9.71 Å². The predicted molar refractivity (Wildman–Crippen MR) is 73.0 cm³/mol. The molecule has 1 rings (SSSR count). The third kappa shape index (κ3) is 5.02. The number of hydrogen-bond donors (Lipinski definition) is 1. The van der Waals surface area contributed by atoms with E-state index >= 15 is 0 Å². The van der Waals surface area contributed by atoms with E-state index in [9.17, 15) is 17.2 Å². The molecule has 116 valence electrons. The molecule has 0 saturated heterocycles. The Kier molecular flexibility index (Phi) is 5.75. The minimum atomic E-state index is -4.12. The Morgan fingerprint density at radius 2 is 2.14 bits per heavy atom. The van der Waals surface area contributed by atoms with Gasteiger partial charge in [0.05, 0.1) is 11.6 Å². The number of halogens is 2. The third-order valence-electron chi connectivity index (χ3n) is 2.94. The van der Waals surface area contributed by atoms with Crippen LogP contribution in [0.15, 0.2) is 23.4 Å². The highest BCUT2D eigenvalue weighted by Crippen LogP contribution is 2.26. The molecule has 21 heavy (non-hydrogen) atoms. The maximum Gasteiger partial charge on any atom is 0.266 e. The molecule has 0 fully saturated rings. The molecular formula is C13H17F2N3O2S. The van der Waals surface area contributed by atoms with Gasteiger partial charge < -0.3 is 0 Å². The van der Waals surface area contributed by atoms with Gasteiger partial charge in [-0.05, 0) is 24.0 Å². The van der Waals surface area contributed by atoms with E-state index in [0.717, 1.165) is 12.3 Å². The van der Waals surface area contributed by atoms with Crippen LogP contribution < -0.4 is 4.72 Å². The molecule has 1 aromatic heterocycles. The maximum atomic E-state index is 12.8. The zero-order valence-corrected chi connectivity index (χ0v) is 12.6. The number of hydrogen-bond acceptors (Lipinski definition) is 4. The van der Waals surface area contributed by atoms with Crippen LogP contribution in [0.25, 0.3) is 0 Å². The first-order chi connectivity index (χ1) is 9.69. The van der Waals surface area contributed by atoms with E-state index in [1.807, 2.05) is 6.07 Å². The van der Waals surface area contributed by atoms with Gasteiger partial charge in [-0.3, -0.25) is 0 Å². The van der Waals surface area contributed by atoms with Crippen molar-refractivity contribution in [3.8, 4) is 6.07 Å². The highest BCUT2D eigenvalue weighted by Gasteiger charge is 2.27. The van der Waals surface area contributed by atoms with Crippen LogP contribution in [0.5, 0.6) is 0 Å². The third-order valence-corrected chi connectivity index (χ3v) is 4.32. The largest absolute Gasteiger partial charge is 0.266 e. The molecule has 0 unspecified atom stereocenters. The summed E-state index contributed by atoms with van der Waals surface area (Å²) in [7, 11) is -4.12. The minimum absolute atomic E-state index is 0.0380. The first-order valence-electron chi connectivity index (χ1n) is 6.29. The van der Waals surface area contributed by atoms with Crippen LogP contribution >= 0.6 is 0 Å². The summed E-state index contributed by atoms with van der Waals surface area (Å²) in [6.45, 7) is 3.62. The number of pyridine rings is 1. The highest BCUT2D eigenvalue weighted by molar-refractivity contribution is 7.89. The number of aromatic nitrogens is 1. The Hall–Kier alpha value is -1.59. The summed E-state index contributed by atoms with van der Waals surface area (Å²) in [5.74, 6) is 0. The first kappa shape index (κ1) is 17.5. The molecule has 1 aromatic rings. The molecular weight excluding hydrogens is 300 g/mol. The van der Waals surface area contributed by atoms with Crippen molar-refractivity contribution in [2.24, 2.45) is 5.41 Å². The van der Waals surface area contributed by atoms with Crippen molar-refractivity contribution in [1.29, 1.82) is 5.26 Å². The van der Waals surface area contributed by atoms with Crippen LogP contribution in [-0.2, 0) is 10.0 Å². The lowest BCUT2D eigenvalue weighted by atomic mass is 9.88. The maximum absolute atomic E-state index is 12.8. The summed E-state index contributed by atoms with van der Waals surface area (Å²) >= 11 is 0. The van der Waals surface area contributed by atoms with E-state index < -0.39 is 32.5 Å². The van der Waals surface area contributed by atoms with Crippen molar-refractivity contribution in [2.45, 2.75) is 38.1 Å². The molecule has 1 heterocycles. The summed E-state index contributed by atoms with van der Waals surface area (Å²) < 4.78 is 52.2. The molecule has 0 radical (unpaired) electrons. The average Bonchev–Trinajstić information content (AvgIpc) is 2.43. The van der Waals surface area contributed by atoms with Crippen LogP contribution in [0.2, 0.25) is 0 Å². The van der Waals surface area contributed by atoms with Gasteiger partial charge in [-0.2, -0.15) is 5.26 Å². The molecule has 5 nitrogen and oxygen atoms in total. The van der Waals surface area contributed by atoms with E-state index in [1.54, 1.807) is 13.8 Å². The summed E-state index contributed by atoms with van der Waals surface area (Å²) in [6.07, 6.45) is -0.977. The van der Waals surface area contributed by atoms with E-state index in [-0.39, 0.29) is 6.54 Å². The normalized spacial score (nSPS) is 12.4. The SMILES string of the molecule is CC(C)(CCC#N)CNS(=O)(=O)c1ncccc1C(F)F.